The second-order valence-electron chi connectivity index (χ2n) is 8.11. The molecular weight excluding hydrogens is 456 g/mol. The molecule has 1 N–H and O–H groups in total. The van der Waals surface area contributed by atoms with Crippen LogP contribution in [-0.2, 0) is 33.7 Å². The Labute approximate surface area is 209 Å². The Morgan fingerprint density at radius 3 is 2.14 bits per heavy atom. The van der Waals surface area contributed by atoms with Crippen LogP contribution in [0.5, 0.6) is 0 Å². The van der Waals surface area contributed by atoms with Crippen LogP contribution < -0.4 is 5.32 Å². The Balaban J connectivity index is 1.72. The molecular formula is C28H26N4O4. The summed E-state index contributed by atoms with van der Waals surface area (Å²) in [5.74, 6) is 1.04. The predicted molar refractivity (Wildman–Crippen MR) is 135 cm³/mol. The van der Waals surface area contributed by atoms with Gasteiger partial charge in [0.05, 0.1) is 12.7 Å². The molecule has 0 spiro atoms. The standard InChI is InChI=1S/C28H26N4O4/c1-19-9-3-8-14-24(19)29-28-31-25(15-20-10-4-5-12-22(20)17-36-18-33)30-26(32-28)16-21-11-6-7-13-23(21)27(34)35-2/h3-14,18H,15-17H2,1-2H3,(H,29,30,31,32). The molecule has 36 heavy (non-hydrogen) atoms. The van der Waals surface area contributed by atoms with Crippen molar-refractivity contribution >= 4 is 24.1 Å². The van der Waals surface area contributed by atoms with E-state index in [1.165, 1.54) is 7.11 Å². The summed E-state index contributed by atoms with van der Waals surface area (Å²) >= 11 is 0. The lowest BCUT2D eigenvalue weighted by molar-refractivity contribution is -0.129. The molecule has 0 bridgehead atoms. The molecule has 0 radical (unpaired) electrons. The van der Waals surface area contributed by atoms with Crippen LogP contribution in [0.2, 0.25) is 0 Å². The highest BCUT2D eigenvalue weighted by molar-refractivity contribution is 5.91. The first-order valence-corrected chi connectivity index (χ1v) is 11.4. The van der Waals surface area contributed by atoms with Gasteiger partial charge in [0.25, 0.3) is 6.47 Å². The SMILES string of the molecule is COC(=O)c1ccccc1Cc1nc(Cc2ccccc2COC=O)nc(Nc2ccccc2C)n1. The molecule has 4 aromatic rings. The van der Waals surface area contributed by atoms with Gasteiger partial charge in [-0.2, -0.15) is 9.97 Å². The number of hydrogen-bond acceptors (Lipinski definition) is 8. The number of rotatable bonds is 10. The van der Waals surface area contributed by atoms with E-state index in [4.69, 9.17) is 14.5 Å². The smallest absolute Gasteiger partial charge is 0.338 e. The van der Waals surface area contributed by atoms with Gasteiger partial charge in [0.15, 0.2) is 0 Å². The van der Waals surface area contributed by atoms with Gasteiger partial charge in [-0.25, -0.2) is 9.78 Å². The Hall–Kier alpha value is -4.59. The van der Waals surface area contributed by atoms with Crippen LogP contribution in [0.15, 0.2) is 72.8 Å². The van der Waals surface area contributed by atoms with E-state index < -0.39 is 5.97 Å². The van der Waals surface area contributed by atoms with Crippen molar-refractivity contribution in [3.8, 4) is 0 Å². The minimum Gasteiger partial charge on any atom is -0.465 e. The summed E-state index contributed by atoms with van der Waals surface area (Å²) in [6.07, 6.45) is 0.730. The number of carbonyl (C=O) groups is 2. The maximum Gasteiger partial charge on any atom is 0.338 e. The first kappa shape index (κ1) is 24.5. The number of anilines is 2. The third-order valence-electron chi connectivity index (χ3n) is 5.66. The Kier molecular flexibility index (Phi) is 7.97. The fourth-order valence-electron chi connectivity index (χ4n) is 3.83. The molecule has 0 fully saturated rings. The topological polar surface area (TPSA) is 103 Å². The maximum absolute atomic E-state index is 12.3. The molecule has 0 aliphatic rings. The van der Waals surface area contributed by atoms with Gasteiger partial charge in [-0.3, -0.25) is 4.79 Å². The van der Waals surface area contributed by atoms with Crippen LogP contribution in [0.25, 0.3) is 0 Å². The molecule has 4 rings (SSSR count). The van der Waals surface area contributed by atoms with Crippen LogP contribution in [0.3, 0.4) is 0 Å². The Morgan fingerprint density at radius 1 is 0.833 bits per heavy atom. The summed E-state index contributed by atoms with van der Waals surface area (Å²) in [5.41, 5.74) is 4.96. The van der Waals surface area contributed by atoms with Gasteiger partial charge in [0.1, 0.15) is 18.3 Å². The average Bonchev–Trinajstić information content (AvgIpc) is 2.89. The van der Waals surface area contributed by atoms with Crippen molar-refractivity contribution in [3.05, 3.63) is 112 Å². The van der Waals surface area contributed by atoms with Crippen molar-refractivity contribution in [2.75, 3.05) is 12.4 Å². The minimum absolute atomic E-state index is 0.165. The number of nitrogens with zero attached hydrogens (tertiary/aromatic N) is 3. The summed E-state index contributed by atoms with van der Waals surface area (Å²) < 4.78 is 9.91. The third kappa shape index (κ3) is 6.09. The normalized spacial score (nSPS) is 10.5. The van der Waals surface area contributed by atoms with E-state index in [0.717, 1.165) is 27.9 Å². The van der Waals surface area contributed by atoms with Gasteiger partial charge in [-0.05, 0) is 41.3 Å². The van der Waals surface area contributed by atoms with Crippen LogP contribution in [0.1, 0.15) is 44.3 Å². The quantitative estimate of drug-likeness (QED) is 0.259. The van der Waals surface area contributed by atoms with Crippen LogP contribution in [0, 0.1) is 6.92 Å². The average molecular weight is 483 g/mol. The Morgan fingerprint density at radius 2 is 1.44 bits per heavy atom. The molecule has 0 aliphatic heterocycles. The van der Waals surface area contributed by atoms with E-state index in [1.54, 1.807) is 12.1 Å². The number of carbonyl (C=O) groups excluding carboxylic acids is 2. The van der Waals surface area contributed by atoms with E-state index >= 15 is 0 Å². The minimum atomic E-state index is -0.415. The highest BCUT2D eigenvalue weighted by atomic mass is 16.5. The molecule has 8 nitrogen and oxygen atoms in total. The van der Waals surface area contributed by atoms with E-state index in [0.29, 0.717) is 42.5 Å². The van der Waals surface area contributed by atoms with Crippen molar-refractivity contribution < 1.29 is 19.1 Å². The number of hydrogen-bond donors (Lipinski definition) is 1. The molecule has 182 valence electrons. The van der Waals surface area contributed by atoms with Crippen molar-refractivity contribution in [2.24, 2.45) is 0 Å². The van der Waals surface area contributed by atoms with Gasteiger partial charge < -0.3 is 14.8 Å². The second kappa shape index (κ2) is 11.7. The first-order chi connectivity index (χ1) is 17.6. The van der Waals surface area contributed by atoms with Gasteiger partial charge in [0, 0.05) is 18.5 Å². The van der Waals surface area contributed by atoms with Crippen molar-refractivity contribution in [3.63, 3.8) is 0 Å². The van der Waals surface area contributed by atoms with E-state index in [9.17, 15) is 9.59 Å². The summed E-state index contributed by atoms with van der Waals surface area (Å²) in [7, 11) is 1.36. The number of nitrogens with one attached hydrogen (secondary N) is 1. The molecule has 0 aliphatic carbocycles. The summed E-state index contributed by atoms with van der Waals surface area (Å²) in [5, 5.41) is 3.30. The van der Waals surface area contributed by atoms with Crippen LogP contribution in [-0.4, -0.2) is 34.5 Å². The first-order valence-electron chi connectivity index (χ1n) is 11.4. The number of para-hydroxylation sites is 1. The predicted octanol–water partition coefficient (Wildman–Crippen LogP) is 4.56. The molecule has 3 aromatic carbocycles. The molecule has 1 heterocycles. The molecule has 0 saturated heterocycles. The zero-order valence-electron chi connectivity index (χ0n) is 20.1. The number of benzene rings is 3. The molecule has 0 unspecified atom stereocenters. The molecule has 0 atom stereocenters. The largest absolute Gasteiger partial charge is 0.465 e. The number of aryl methyl sites for hydroxylation is 1. The van der Waals surface area contributed by atoms with Gasteiger partial charge in [0.2, 0.25) is 5.95 Å². The molecule has 0 saturated carbocycles. The molecule has 8 heteroatoms. The summed E-state index contributed by atoms with van der Waals surface area (Å²) in [6, 6.07) is 22.8. The fraction of sp³-hybridized carbons (Fsp3) is 0.179. The lowest BCUT2D eigenvalue weighted by Gasteiger charge is -2.13. The monoisotopic (exact) mass is 482 g/mol. The van der Waals surface area contributed by atoms with Crippen molar-refractivity contribution in [2.45, 2.75) is 26.4 Å². The number of aromatic nitrogens is 3. The lowest BCUT2D eigenvalue weighted by atomic mass is 10.0. The second-order valence-corrected chi connectivity index (χ2v) is 8.11. The number of esters is 1. The van der Waals surface area contributed by atoms with Crippen LogP contribution in [0.4, 0.5) is 11.6 Å². The van der Waals surface area contributed by atoms with Crippen LogP contribution >= 0.6 is 0 Å². The lowest BCUT2D eigenvalue weighted by Crippen LogP contribution is -2.12. The highest BCUT2D eigenvalue weighted by Gasteiger charge is 2.15. The fourth-order valence-corrected chi connectivity index (χ4v) is 3.83. The summed E-state index contributed by atoms with van der Waals surface area (Å²) in [6.45, 7) is 2.60. The van der Waals surface area contributed by atoms with Gasteiger partial charge in [-0.1, -0.05) is 60.7 Å². The zero-order chi connectivity index (χ0) is 25.3. The van der Waals surface area contributed by atoms with E-state index in [-0.39, 0.29) is 6.61 Å². The number of ether oxygens (including phenoxy) is 2. The van der Waals surface area contributed by atoms with E-state index in [1.807, 2.05) is 67.6 Å². The Bertz CT molecular complexity index is 1370. The van der Waals surface area contributed by atoms with Crippen molar-refractivity contribution in [1.82, 2.24) is 15.0 Å². The van der Waals surface area contributed by atoms with Gasteiger partial charge in [-0.15, -0.1) is 0 Å². The summed E-state index contributed by atoms with van der Waals surface area (Å²) in [4.78, 5) is 37.0. The highest BCUT2D eigenvalue weighted by Crippen LogP contribution is 2.21. The maximum atomic E-state index is 12.3. The third-order valence-corrected chi connectivity index (χ3v) is 5.66. The van der Waals surface area contributed by atoms with E-state index in [2.05, 4.69) is 15.3 Å². The van der Waals surface area contributed by atoms with Crippen molar-refractivity contribution in [1.29, 1.82) is 0 Å². The molecule has 1 aromatic heterocycles. The zero-order valence-corrected chi connectivity index (χ0v) is 20.1. The van der Waals surface area contributed by atoms with Gasteiger partial charge >= 0.3 is 5.97 Å². The molecule has 0 amide bonds. The number of methoxy groups -OCH3 is 1.